The number of nitrogens with zero attached hydrogens (tertiary/aromatic N) is 2. The first-order valence-corrected chi connectivity index (χ1v) is 8.94. The van der Waals surface area contributed by atoms with Crippen LogP contribution in [0.1, 0.15) is 31.1 Å². The zero-order valence-corrected chi connectivity index (χ0v) is 15.9. The Hall–Kier alpha value is -2.28. The van der Waals surface area contributed by atoms with E-state index in [1.54, 1.807) is 0 Å². The summed E-state index contributed by atoms with van der Waals surface area (Å²) in [6, 6.07) is 1.54. The van der Waals surface area contributed by atoms with Crippen molar-refractivity contribution >= 4 is 22.0 Å². The maximum atomic E-state index is 11.8. The minimum absolute atomic E-state index is 0.0278. The van der Waals surface area contributed by atoms with Gasteiger partial charge in [0.2, 0.25) is 0 Å². The van der Waals surface area contributed by atoms with Crippen LogP contribution in [0.15, 0.2) is 18.5 Å². The highest BCUT2D eigenvalue weighted by Crippen LogP contribution is 2.15. The van der Waals surface area contributed by atoms with E-state index in [0.717, 1.165) is 0 Å². The van der Waals surface area contributed by atoms with Gasteiger partial charge in [-0.3, -0.25) is 9.35 Å². The molecule has 9 nitrogen and oxygen atoms in total. The van der Waals surface area contributed by atoms with E-state index in [4.69, 9.17) is 4.55 Å². The second kappa shape index (κ2) is 9.60. The van der Waals surface area contributed by atoms with Gasteiger partial charge in [-0.1, -0.05) is 4.68 Å². The topological polar surface area (TPSA) is 127 Å². The minimum atomic E-state index is -4.85. The number of aromatic nitrogens is 2. The first-order chi connectivity index (χ1) is 12.0. The van der Waals surface area contributed by atoms with Gasteiger partial charge in [-0.25, -0.2) is 4.79 Å². The Morgan fingerprint density at radius 3 is 2.15 bits per heavy atom. The molecule has 1 aromatic rings. The fraction of sp³-hybridized carbons (Fsp3) is 0.571. The van der Waals surface area contributed by atoms with Gasteiger partial charge < -0.3 is 10.1 Å². The first-order valence-electron chi connectivity index (χ1n) is 7.34. The summed E-state index contributed by atoms with van der Waals surface area (Å²) in [7, 11) is -3.34. The van der Waals surface area contributed by atoms with Crippen LogP contribution in [0.25, 0.3) is 0 Å². The van der Waals surface area contributed by atoms with Crippen molar-refractivity contribution in [1.29, 1.82) is 0 Å². The highest BCUT2D eigenvalue weighted by atomic mass is 32.2. The van der Waals surface area contributed by atoms with Crippen LogP contribution in [0.3, 0.4) is 0 Å². The molecule has 0 radical (unpaired) electrons. The lowest BCUT2D eigenvalue weighted by Gasteiger charge is -2.19. The summed E-state index contributed by atoms with van der Waals surface area (Å²) in [5.41, 5.74) is 0.0476. The first kappa shape index (κ1) is 24.7. The van der Waals surface area contributed by atoms with Gasteiger partial charge in [-0.05, 0) is 25.9 Å². The molecule has 0 bridgehead atoms. The molecule has 2 N–H and O–H groups in total. The Labute approximate surface area is 154 Å². The van der Waals surface area contributed by atoms with Crippen molar-refractivity contribution in [3.05, 3.63) is 24.0 Å². The fourth-order valence-electron chi connectivity index (χ4n) is 1.39. The smallest absolute Gasteiger partial charge is 0.462 e. The van der Waals surface area contributed by atoms with E-state index in [2.05, 4.69) is 15.2 Å². The SMILES string of the molecule is CC(C)(C)NC(=O)c1cc[n+](CCS(=O)(=O)O)nc1.COC(=O)C(F)(F)F. The molecule has 0 unspecified atom stereocenters. The number of carbonyl (C=O) groups excluding carboxylic acids is 2. The minimum Gasteiger partial charge on any atom is -0.462 e. The third-order valence-electron chi connectivity index (χ3n) is 2.52. The normalized spacial score (nSPS) is 11.9. The number of rotatable bonds is 4. The molecule has 0 aromatic carbocycles. The molecule has 13 heteroatoms. The molecule has 1 amide bonds. The van der Waals surface area contributed by atoms with Crippen LogP contribution in [-0.4, -0.2) is 54.5 Å². The molecule has 0 saturated carbocycles. The van der Waals surface area contributed by atoms with E-state index < -0.39 is 28.0 Å². The second-order valence-electron chi connectivity index (χ2n) is 6.16. The number of methoxy groups -OCH3 is 1. The lowest BCUT2D eigenvalue weighted by molar-refractivity contribution is -0.750. The van der Waals surface area contributed by atoms with Gasteiger partial charge in [0.1, 0.15) is 11.9 Å². The predicted molar refractivity (Wildman–Crippen MR) is 86.1 cm³/mol. The molecular weight excluding hydrogens is 395 g/mol. The van der Waals surface area contributed by atoms with Crippen LogP contribution in [0, 0.1) is 0 Å². The number of aryl methyl sites for hydroxylation is 1. The molecule has 1 aromatic heterocycles. The van der Waals surface area contributed by atoms with Gasteiger partial charge >= 0.3 is 12.1 Å². The molecule has 0 fully saturated rings. The Morgan fingerprint density at radius 1 is 1.30 bits per heavy atom. The zero-order valence-electron chi connectivity index (χ0n) is 15.1. The summed E-state index contributed by atoms with van der Waals surface area (Å²) in [5, 5.41) is 6.70. The van der Waals surface area contributed by atoms with E-state index in [-0.39, 0.29) is 18.0 Å². The second-order valence-corrected chi connectivity index (χ2v) is 7.73. The molecule has 0 aliphatic rings. The van der Waals surface area contributed by atoms with Gasteiger partial charge in [-0.15, -0.1) is 0 Å². The molecule has 154 valence electrons. The van der Waals surface area contributed by atoms with Crippen molar-refractivity contribution in [3.63, 3.8) is 0 Å². The quantitative estimate of drug-likeness (QED) is 0.416. The number of hydrogen-bond donors (Lipinski definition) is 2. The number of amides is 1. The number of nitrogens with one attached hydrogen (secondary N) is 1. The van der Waals surface area contributed by atoms with Crippen molar-refractivity contribution in [2.75, 3.05) is 12.9 Å². The molecule has 0 aliphatic heterocycles. The summed E-state index contributed by atoms with van der Waals surface area (Å²) in [5.74, 6) is -2.84. The average molecular weight is 416 g/mol. The van der Waals surface area contributed by atoms with E-state index in [0.29, 0.717) is 12.7 Å². The molecule has 0 aliphatic carbocycles. The van der Waals surface area contributed by atoms with Crippen LogP contribution >= 0.6 is 0 Å². The summed E-state index contributed by atoms with van der Waals surface area (Å²) < 4.78 is 67.4. The van der Waals surface area contributed by atoms with Crippen molar-refractivity contribution in [3.8, 4) is 0 Å². The largest absolute Gasteiger partial charge is 0.490 e. The number of ether oxygens (including phenoxy) is 1. The van der Waals surface area contributed by atoms with Crippen molar-refractivity contribution < 1.29 is 45.1 Å². The summed E-state index contributed by atoms with van der Waals surface area (Å²) in [6.45, 7) is 5.63. The van der Waals surface area contributed by atoms with Crippen LogP contribution < -0.4 is 10.00 Å². The van der Waals surface area contributed by atoms with Gasteiger partial charge in [0, 0.05) is 11.6 Å². The Balaban J connectivity index is 0.000000713. The highest BCUT2D eigenvalue weighted by Gasteiger charge is 2.40. The molecule has 0 saturated heterocycles. The van der Waals surface area contributed by atoms with Crippen LogP contribution in [0.2, 0.25) is 0 Å². The lowest BCUT2D eigenvalue weighted by Crippen LogP contribution is -2.43. The maximum Gasteiger partial charge on any atom is 0.490 e. The Kier molecular flexibility index (Phi) is 8.79. The van der Waals surface area contributed by atoms with Crippen molar-refractivity contribution in [2.24, 2.45) is 0 Å². The number of hydrogen-bond acceptors (Lipinski definition) is 6. The molecule has 0 spiro atoms. The average Bonchev–Trinajstić information content (AvgIpc) is 2.50. The van der Waals surface area contributed by atoms with Crippen LogP contribution in [-0.2, 0) is 26.2 Å². The zero-order chi connectivity index (χ0) is 21.5. The number of esters is 1. The number of carbonyl (C=O) groups is 2. The van der Waals surface area contributed by atoms with Crippen LogP contribution in [0.4, 0.5) is 13.2 Å². The standard InChI is InChI=1S/C11H17N3O4S.C3H3F3O2/c1-11(2,3)13-10(15)9-4-5-14(12-8-9)6-7-19(16,17)18;1-8-2(7)3(4,5)6/h4-5,8H,6-7H2,1-3H3,(H-,13,15,16,17,18);1H3/p+1. The Bertz CT molecular complexity index is 743. The van der Waals surface area contributed by atoms with Crippen molar-refractivity contribution in [1.82, 2.24) is 10.4 Å². The van der Waals surface area contributed by atoms with Gasteiger partial charge in [0.25, 0.3) is 16.0 Å². The molecule has 1 heterocycles. The molecule has 27 heavy (non-hydrogen) atoms. The summed E-state index contributed by atoms with van der Waals surface area (Å²) >= 11 is 0. The number of alkyl halides is 3. The van der Waals surface area contributed by atoms with Crippen molar-refractivity contribution in [2.45, 2.75) is 39.0 Å². The monoisotopic (exact) mass is 416 g/mol. The third-order valence-corrected chi connectivity index (χ3v) is 3.22. The van der Waals surface area contributed by atoms with Gasteiger partial charge in [-0.2, -0.15) is 21.6 Å². The third kappa shape index (κ3) is 11.9. The molecule has 1 rings (SSSR count). The fourth-order valence-corrected chi connectivity index (χ4v) is 1.81. The summed E-state index contributed by atoms with van der Waals surface area (Å²) in [4.78, 5) is 21.3. The summed E-state index contributed by atoms with van der Waals surface area (Å²) in [6.07, 6.45) is -2.01. The van der Waals surface area contributed by atoms with Gasteiger partial charge in [0.05, 0.1) is 12.7 Å². The number of halogens is 3. The molecular formula is C14H21F3N3O6S+. The van der Waals surface area contributed by atoms with E-state index in [9.17, 15) is 31.2 Å². The Morgan fingerprint density at radius 2 is 1.85 bits per heavy atom. The van der Waals surface area contributed by atoms with E-state index in [1.807, 2.05) is 20.8 Å². The predicted octanol–water partition coefficient (Wildman–Crippen LogP) is 0.507. The van der Waals surface area contributed by atoms with Gasteiger partial charge in [0.15, 0.2) is 12.7 Å². The highest BCUT2D eigenvalue weighted by molar-refractivity contribution is 7.85. The lowest BCUT2D eigenvalue weighted by atomic mass is 10.1. The van der Waals surface area contributed by atoms with E-state index in [1.165, 1.54) is 23.1 Å². The maximum absolute atomic E-state index is 11.8. The van der Waals surface area contributed by atoms with E-state index >= 15 is 0 Å². The van der Waals surface area contributed by atoms with Crippen LogP contribution in [0.5, 0.6) is 0 Å². The molecule has 0 atom stereocenters.